The number of hydrogen-bond acceptors (Lipinski definition) is 5. The monoisotopic (exact) mass is 531 g/mol. The van der Waals surface area contributed by atoms with E-state index in [0.29, 0.717) is 13.1 Å². The van der Waals surface area contributed by atoms with Crippen molar-refractivity contribution in [3.05, 3.63) is 59.1 Å². The van der Waals surface area contributed by atoms with Gasteiger partial charge in [0.05, 0.1) is 24.6 Å². The molecular formula is C21H21ClF3N5O4S. The standard InChI is InChI=1S/C21H21ClF3N5O4S/c22-17-4-2-1-3-16(17)19(20(32)28-14-8-21(24,25)9-14)30(15-7-13(23)10-26-11-15)18(31)12-27-35(33,34)29-5-6-29/h1-4,7,10-11,14,19,27H,5-6,8-9,12H2,(H,28,32)/t19-/m0/s1. The van der Waals surface area contributed by atoms with Crippen molar-refractivity contribution in [2.45, 2.75) is 30.8 Å². The van der Waals surface area contributed by atoms with Crippen LogP contribution in [0.3, 0.4) is 0 Å². The molecule has 1 saturated carbocycles. The molecule has 2 aromatic rings. The van der Waals surface area contributed by atoms with Crippen LogP contribution in [-0.4, -0.2) is 61.1 Å². The number of halogens is 4. The number of nitrogens with zero attached hydrogens (tertiary/aromatic N) is 3. The summed E-state index contributed by atoms with van der Waals surface area (Å²) in [6.45, 7) is -0.152. The Morgan fingerprint density at radius 3 is 2.51 bits per heavy atom. The maximum absolute atomic E-state index is 14.1. The van der Waals surface area contributed by atoms with Crippen LogP contribution in [0, 0.1) is 5.82 Å². The lowest BCUT2D eigenvalue weighted by Crippen LogP contribution is -2.55. The van der Waals surface area contributed by atoms with Crippen molar-refractivity contribution in [3.8, 4) is 0 Å². The third kappa shape index (κ3) is 5.92. The fraction of sp³-hybridized carbons (Fsp3) is 0.381. The molecule has 1 atom stereocenters. The van der Waals surface area contributed by atoms with Gasteiger partial charge in [-0.1, -0.05) is 29.8 Å². The summed E-state index contributed by atoms with van der Waals surface area (Å²) < 4.78 is 68.4. The molecule has 1 aliphatic carbocycles. The van der Waals surface area contributed by atoms with Gasteiger partial charge in [0, 0.05) is 48.6 Å². The third-order valence-electron chi connectivity index (χ3n) is 5.53. The summed E-state index contributed by atoms with van der Waals surface area (Å²) in [5.41, 5.74) is -0.0240. The quantitative estimate of drug-likeness (QED) is 0.481. The van der Waals surface area contributed by atoms with Crippen molar-refractivity contribution in [1.82, 2.24) is 19.3 Å². The summed E-state index contributed by atoms with van der Waals surface area (Å²) in [5.74, 6) is -5.48. The number of alkyl halides is 2. The van der Waals surface area contributed by atoms with E-state index in [0.717, 1.165) is 27.7 Å². The largest absolute Gasteiger partial charge is 0.351 e. The van der Waals surface area contributed by atoms with Crippen molar-refractivity contribution < 1.29 is 31.2 Å². The van der Waals surface area contributed by atoms with E-state index in [1.165, 1.54) is 12.1 Å². The van der Waals surface area contributed by atoms with Crippen molar-refractivity contribution in [3.63, 3.8) is 0 Å². The fourth-order valence-corrected chi connectivity index (χ4v) is 5.01. The second-order valence-electron chi connectivity index (χ2n) is 8.24. The lowest BCUT2D eigenvalue weighted by atomic mass is 9.87. The number of amides is 2. The molecule has 4 rings (SSSR count). The molecule has 2 amide bonds. The predicted octanol–water partition coefficient (Wildman–Crippen LogP) is 2.01. The molecule has 2 aliphatic rings. The molecule has 0 spiro atoms. The Hall–Kier alpha value is -2.74. The van der Waals surface area contributed by atoms with Gasteiger partial charge in [-0.2, -0.15) is 17.4 Å². The highest BCUT2D eigenvalue weighted by Crippen LogP contribution is 2.38. The number of pyridine rings is 1. The number of nitrogens with one attached hydrogen (secondary N) is 2. The van der Waals surface area contributed by atoms with E-state index < -0.39 is 65.2 Å². The average molecular weight is 532 g/mol. The number of benzene rings is 1. The van der Waals surface area contributed by atoms with E-state index in [1.54, 1.807) is 12.1 Å². The molecule has 2 heterocycles. The molecule has 35 heavy (non-hydrogen) atoms. The van der Waals surface area contributed by atoms with Gasteiger partial charge < -0.3 is 5.32 Å². The molecule has 9 nitrogen and oxygen atoms in total. The zero-order valence-electron chi connectivity index (χ0n) is 18.1. The Bertz CT molecular complexity index is 1240. The van der Waals surface area contributed by atoms with Crippen LogP contribution in [0.15, 0.2) is 42.7 Å². The number of aromatic nitrogens is 1. The van der Waals surface area contributed by atoms with Gasteiger partial charge in [-0.05, 0) is 6.07 Å². The van der Waals surface area contributed by atoms with E-state index in [-0.39, 0.29) is 16.3 Å². The Labute approximate surface area is 204 Å². The molecule has 1 aliphatic heterocycles. The fourth-order valence-electron chi connectivity index (χ4n) is 3.72. The molecule has 14 heteroatoms. The predicted molar refractivity (Wildman–Crippen MR) is 120 cm³/mol. The molecule has 0 bridgehead atoms. The minimum atomic E-state index is -3.92. The molecule has 1 aromatic heterocycles. The highest BCUT2D eigenvalue weighted by Gasteiger charge is 2.47. The van der Waals surface area contributed by atoms with Crippen LogP contribution in [0.5, 0.6) is 0 Å². The lowest BCUT2D eigenvalue weighted by Gasteiger charge is -2.38. The minimum Gasteiger partial charge on any atom is -0.351 e. The first kappa shape index (κ1) is 25.4. The molecule has 0 radical (unpaired) electrons. The molecule has 1 aromatic carbocycles. The number of rotatable bonds is 9. The topological polar surface area (TPSA) is 111 Å². The summed E-state index contributed by atoms with van der Waals surface area (Å²) in [4.78, 5) is 31.3. The summed E-state index contributed by atoms with van der Waals surface area (Å²) in [7, 11) is -3.92. The minimum absolute atomic E-state index is 0.0819. The van der Waals surface area contributed by atoms with Gasteiger partial charge >= 0.3 is 0 Å². The summed E-state index contributed by atoms with van der Waals surface area (Å²) in [6.07, 6.45) is 0.864. The van der Waals surface area contributed by atoms with Crippen LogP contribution >= 0.6 is 11.6 Å². The molecular weight excluding hydrogens is 511 g/mol. The van der Waals surface area contributed by atoms with Gasteiger partial charge in [-0.25, -0.2) is 13.2 Å². The van der Waals surface area contributed by atoms with E-state index in [1.807, 2.05) is 0 Å². The van der Waals surface area contributed by atoms with Gasteiger partial charge in [0.2, 0.25) is 11.8 Å². The SMILES string of the molecule is O=C(NC1CC(F)(F)C1)[C@H](c1ccccc1Cl)N(C(=O)CNS(=O)(=O)N1CC1)c1cncc(F)c1. The summed E-state index contributed by atoms with van der Waals surface area (Å²) >= 11 is 6.31. The Balaban J connectivity index is 1.70. The van der Waals surface area contributed by atoms with Crippen LogP contribution in [-0.2, 0) is 19.8 Å². The first-order valence-electron chi connectivity index (χ1n) is 10.6. The highest BCUT2D eigenvalue weighted by atomic mass is 35.5. The first-order valence-corrected chi connectivity index (χ1v) is 12.4. The lowest BCUT2D eigenvalue weighted by molar-refractivity contribution is -0.132. The summed E-state index contributed by atoms with van der Waals surface area (Å²) in [6, 6.07) is 4.62. The first-order chi connectivity index (χ1) is 16.5. The average Bonchev–Trinajstić information content (AvgIpc) is 3.61. The van der Waals surface area contributed by atoms with E-state index in [2.05, 4.69) is 15.0 Å². The van der Waals surface area contributed by atoms with Gasteiger partial charge in [-0.3, -0.25) is 19.5 Å². The Morgan fingerprint density at radius 2 is 1.91 bits per heavy atom. The van der Waals surface area contributed by atoms with Crippen LogP contribution < -0.4 is 14.9 Å². The molecule has 2 N–H and O–H groups in total. The van der Waals surface area contributed by atoms with Crippen LogP contribution in [0.2, 0.25) is 5.02 Å². The third-order valence-corrected chi connectivity index (χ3v) is 7.43. The van der Waals surface area contributed by atoms with Crippen LogP contribution in [0.1, 0.15) is 24.4 Å². The number of anilines is 1. The van der Waals surface area contributed by atoms with E-state index >= 15 is 0 Å². The molecule has 0 unspecified atom stereocenters. The maximum atomic E-state index is 14.1. The number of hydrogen-bond donors (Lipinski definition) is 2. The van der Waals surface area contributed by atoms with E-state index in [4.69, 9.17) is 11.6 Å². The van der Waals surface area contributed by atoms with Crippen molar-refractivity contribution in [2.24, 2.45) is 0 Å². The Kier molecular flexibility index (Phi) is 7.04. The normalized spacial score (nSPS) is 18.4. The second-order valence-corrected chi connectivity index (χ2v) is 10.4. The van der Waals surface area contributed by atoms with Crippen molar-refractivity contribution >= 4 is 39.3 Å². The van der Waals surface area contributed by atoms with Crippen LogP contribution in [0.4, 0.5) is 18.9 Å². The maximum Gasteiger partial charge on any atom is 0.280 e. The van der Waals surface area contributed by atoms with Gasteiger partial charge in [-0.15, -0.1) is 0 Å². The van der Waals surface area contributed by atoms with Crippen molar-refractivity contribution in [2.75, 3.05) is 24.5 Å². The van der Waals surface area contributed by atoms with Gasteiger partial charge in [0.15, 0.2) is 0 Å². The van der Waals surface area contributed by atoms with Crippen molar-refractivity contribution in [1.29, 1.82) is 0 Å². The highest BCUT2D eigenvalue weighted by molar-refractivity contribution is 7.87. The number of carbonyl (C=O) groups excluding carboxylic acids is 2. The molecule has 2 fully saturated rings. The smallest absolute Gasteiger partial charge is 0.280 e. The molecule has 188 valence electrons. The Morgan fingerprint density at radius 1 is 1.23 bits per heavy atom. The molecule has 1 saturated heterocycles. The zero-order chi connectivity index (χ0) is 25.4. The van der Waals surface area contributed by atoms with Gasteiger partial charge in [0.25, 0.3) is 16.1 Å². The zero-order valence-corrected chi connectivity index (χ0v) is 19.7. The van der Waals surface area contributed by atoms with Crippen LogP contribution in [0.25, 0.3) is 0 Å². The second kappa shape index (κ2) is 9.72. The number of carbonyl (C=O) groups is 2. The summed E-state index contributed by atoms with van der Waals surface area (Å²) in [5, 5.41) is 2.57. The van der Waals surface area contributed by atoms with Gasteiger partial charge in [0.1, 0.15) is 11.9 Å². The van der Waals surface area contributed by atoms with E-state index in [9.17, 15) is 31.2 Å².